The van der Waals surface area contributed by atoms with E-state index in [4.69, 9.17) is 0 Å². The molecule has 4 nitrogen and oxygen atoms in total. The number of halogens is 2. The Morgan fingerprint density at radius 1 is 0.786 bits per heavy atom. The van der Waals surface area contributed by atoms with Crippen LogP contribution in [0.2, 0.25) is 0 Å². The minimum atomic E-state index is -0.107. The molecule has 1 aliphatic carbocycles. The van der Waals surface area contributed by atoms with Crippen molar-refractivity contribution < 1.29 is 9.59 Å². The zero-order valence-corrected chi connectivity index (χ0v) is 19.2. The Labute approximate surface area is 182 Å². The smallest absolute Gasteiger partial charge is 0.251 e. The summed E-state index contributed by atoms with van der Waals surface area (Å²) in [5, 5.41) is 6.25. The van der Waals surface area contributed by atoms with E-state index >= 15 is 0 Å². The van der Waals surface area contributed by atoms with Crippen LogP contribution in [0, 0.1) is 13.8 Å². The van der Waals surface area contributed by atoms with Crippen LogP contribution in [0.4, 0.5) is 0 Å². The first-order chi connectivity index (χ1) is 13.3. The average Bonchev–Trinajstić information content (AvgIpc) is 2.67. The Bertz CT molecular complexity index is 825. The fourth-order valence-corrected chi connectivity index (χ4v) is 4.21. The lowest BCUT2D eigenvalue weighted by molar-refractivity contribution is 0.0862. The van der Waals surface area contributed by atoms with Gasteiger partial charge in [-0.2, -0.15) is 0 Å². The van der Waals surface area contributed by atoms with Gasteiger partial charge in [-0.25, -0.2) is 0 Å². The average molecular weight is 508 g/mol. The van der Waals surface area contributed by atoms with Crippen LogP contribution in [0.15, 0.2) is 45.3 Å². The first kappa shape index (κ1) is 21.1. The lowest BCUT2D eigenvalue weighted by Gasteiger charge is -2.33. The maximum Gasteiger partial charge on any atom is 0.251 e. The maximum absolute atomic E-state index is 12.7. The van der Waals surface area contributed by atoms with Crippen molar-refractivity contribution in [1.29, 1.82) is 0 Å². The molecule has 2 aromatic rings. The molecule has 148 valence electrons. The number of aryl methyl sites for hydroxylation is 2. The maximum atomic E-state index is 12.7. The molecule has 0 unspecified atom stereocenters. The molecule has 0 spiro atoms. The number of rotatable bonds is 4. The summed E-state index contributed by atoms with van der Waals surface area (Å²) in [6, 6.07) is 11.0. The van der Waals surface area contributed by atoms with E-state index in [1.54, 1.807) is 0 Å². The van der Waals surface area contributed by atoms with Crippen LogP contribution < -0.4 is 10.6 Å². The molecule has 1 fully saturated rings. The Balaban J connectivity index is 1.69. The van der Waals surface area contributed by atoms with E-state index in [-0.39, 0.29) is 23.9 Å². The topological polar surface area (TPSA) is 58.2 Å². The molecule has 3 rings (SSSR count). The fourth-order valence-electron chi connectivity index (χ4n) is 3.45. The van der Waals surface area contributed by atoms with Gasteiger partial charge in [-0.05, 0) is 62.1 Å². The van der Waals surface area contributed by atoms with Crippen molar-refractivity contribution in [3.63, 3.8) is 0 Å². The summed E-state index contributed by atoms with van der Waals surface area (Å²) in [7, 11) is 0. The lowest BCUT2D eigenvalue weighted by Crippen LogP contribution is -2.53. The van der Waals surface area contributed by atoms with Gasteiger partial charge in [-0.1, -0.05) is 56.8 Å². The third-order valence-electron chi connectivity index (χ3n) is 5.27. The van der Waals surface area contributed by atoms with E-state index in [1.807, 2.05) is 50.2 Å². The van der Waals surface area contributed by atoms with Gasteiger partial charge in [0.1, 0.15) is 0 Å². The van der Waals surface area contributed by atoms with Gasteiger partial charge in [0.05, 0.1) is 0 Å². The summed E-state index contributed by atoms with van der Waals surface area (Å²) in [6.07, 6.45) is 3.82. The molecule has 6 heteroatoms. The number of carbonyl (C=O) groups excluding carboxylic acids is 2. The number of hydrogen-bond donors (Lipinski definition) is 2. The Hall–Kier alpha value is -1.66. The van der Waals surface area contributed by atoms with Gasteiger partial charge in [-0.3, -0.25) is 9.59 Å². The van der Waals surface area contributed by atoms with Crippen molar-refractivity contribution in [1.82, 2.24) is 10.6 Å². The molecule has 0 aliphatic heterocycles. The Morgan fingerprint density at radius 2 is 1.18 bits per heavy atom. The standard InChI is InChI=1S/C22H24Br2N2O2/c1-13-7-9-15(11-17(13)23)21(27)25-19-5-3-4-6-20(19)26-22(28)16-10-8-14(2)18(24)12-16/h7-12,19-20H,3-6H2,1-2H3,(H,25,27)(H,26,28)/t19-,20-/m0/s1. The Morgan fingerprint density at radius 3 is 1.54 bits per heavy atom. The SMILES string of the molecule is Cc1ccc(C(=O)N[C@H]2CCCC[C@@H]2NC(=O)c2ccc(C)c(Br)c2)cc1Br. The third-order valence-corrected chi connectivity index (χ3v) is 6.98. The molecule has 0 radical (unpaired) electrons. The highest BCUT2D eigenvalue weighted by Crippen LogP contribution is 2.22. The largest absolute Gasteiger partial charge is 0.347 e. The first-order valence-corrected chi connectivity index (χ1v) is 11.1. The molecule has 0 heterocycles. The molecule has 1 aliphatic rings. The Kier molecular flexibility index (Phi) is 6.94. The van der Waals surface area contributed by atoms with Crippen molar-refractivity contribution in [3.8, 4) is 0 Å². The summed E-state index contributed by atoms with van der Waals surface area (Å²) in [6.45, 7) is 3.98. The van der Waals surface area contributed by atoms with Crippen LogP contribution in [-0.2, 0) is 0 Å². The number of nitrogens with one attached hydrogen (secondary N) is 2. The number of hydrogen-bond acceptors (Lipinski definition) is 2. The second-order valence-electron chi connectivity index (χ2n) is 7.37. The van der Waals surface area contributed by atoms with Crippen LogP contribution in [0.25, 0.3) is 0 Å². The predicted molar refractivity (Wildman–Crippen MR) is 119 cm³/mol. The molecule has 0 saturated heterocycles. The molecule has 2 amide bonds. The third kappa shape index (κ3) is 5.03. The fraction of sp³-hybridized carbons (Fsp3) is 0.364. The van der Waals surface area contributed by atoms with E-state index in [2.05, 4.69) is 42.5 Å². The van der Waals surface area contributed by atoms with Gasteiger partial charge in [-0.15, -0.1) is 0 Å². The van der Waals surface area contributed by atoms with Gasteiger partial charge in [0.25, 0.3) is 11.8 Å². The molecule has 0 aromatic heterocycles. The van der Waals surface area contributed by atoms with Crippen molar-refractivity contribution in [2.45, 2.75) is 51.6 Å². The summed E-state index contributed by atoms with van der Waals surface area (Å²) in [5.41, 5.74) is 3.42. The molecule has 1 saturated carbocycles. The van der Waals surface area contributed by atoms with E-state index < -0.39 is 0 Å². The molecule has 2 atom stereocenters. The summed E-state index contributed by atoms with van der Waals surface area (Å²) in [4.78, 5) is 25.4. The van der Waals surface area contributed by atoms with Gasteiger partial charge in [0.15, 0.2) is 0 Å². The van der Waals surface area contributed by atoms with Crippen LogP contribution >= 0.6 is 31.9 Å². The summed E-state index contributed by atoms with van der Waals surface area (Å²) in [5.74, 6) is -0.213. The lowest BCUT2D eigenvalue weighted by atomic mass is 9.89. The van der Waals surface area contributed by atoms with Crippen molar-refractivity contribution in [2.24, 2.45) is 0 Å². The highest BCUT2D eigenvalue weighted by molar-refractivity contribution is 9.10. The zero-order chi connectivity index (χ0) is 20.3. The number of amides is 2. The highest BCUT2D eigenvalue weighted by Gasteiger charge is 2.28. The van der Waals surface area contributed by atoms with Crippen molar-refractivity contribution >= 4 is 43.7 Å². The molecule has 0 bridgehead atoms. The van der Waals surface area contributed by atoms with Crippen LogP contribution in [0.5, 0.6) is 0 Å². The van der Waals surface area contributed by atoms with Crippen LogP contribution in [-0.4, -0.2) is 23.9 Å². The normalized spacial score (nSPS) is 19.1. The van der Waals surface area contributed by atoms with Crippen molar-refractivity contribution in [3.05, 3.63) is 67.6 Å². The van der Waals surface area contributed by atoms with E-state index in [1.165, 1.54) is 0 Å². The number of carbonyl (C=O) groups is 2. The van der Waals surface area contributed by atoms with E-state index in [0.717, 1.165) is 45.8 Å². The van der Waals surface area contributed by atoms with Crippen LogP contribution in [0.1, 0.15) is 57.5 Å². The second-order valence-corrected chi connectivity index (χ2v) is 9.08. The van der Waals surface area contributed by atoms with E-state index in [9.17, 15) is 9.59 Å². The highest BCUT2D eigenvalue weighted by atomic mass is 79.9. The molecule has 2 N–H and O–H groups in total. The molecular formula is C22H24Br2N2O2. The summed E-state index contributed by atoms with van der Waals surface area (Å²) < 4.78 is 1.83. The number of benzene rings is 2. The summed E-state index contributed by atoms with van der Waals surface area (Å²) >= 11 is 6.96. The first-order valence-electron chi connectivity index (χ1n) is 9.49. The second kappa shape index (κ2) is 9.23. The van der Waals surface area contributed by atoms with Gasteiger partial charge in [0, 0.05) is 32.2 Å². The van der Waals surface area contributed by atoms with Gasteiger partial charge in [0.2, 0.25) is 0 Å². The molecule has 2 aromatic carbocycles. The van der Waals surface area contributed by atoms with Crippen LogP contribution in [0.3, 0.4) is 0 Å². The van der Waals surface area contributed by atoms with Gasteiger partial charge >= 0.3 is 0 Å². The molecular weight excluding hydrogens is 484 g/mol. The van der Waals surface area contributed by atoms with E-state index in [0.29, 0.717) is 11.1 Å². The molecule has 28 heavy (non-hydrogen) atoms. The quantitative estimate of drug-likeness (QED) is 0.589. The minimum Gasteiger partial charge on any atom is -0.347 e. The monoisotopic (exact) mass is 506 g/mol. The van der Waals surface area contributed by atoms with Crippen molar-refractivity contribution in [2.75, 3.05) is 0 Å². The van der Waals surface area contributed by atoms with Gasteiger partial charge < -0.3 is 10.6 Å². The predicted octanol–water partition coefficient (Wildman–Crippen LogP) is 5.30. The minimum absolute atomic E-state index is 0.0702. The zero-order valence-electron chi connectivity index (χ0n) is 16.0.